The molecule has 0 N–H and O–H groups in total. The molecule has 0 saturated carbocycles. The van der Waals surface area contributed by atoms with Gasteiger partial charge >= 0.3 is 0 Å². The fraction of sp³-hybridized carbons (Fsp3) is 0.250. The van der Waals surface area contributed by atoms with Gasteiger partial charge in [-0.3, -0.25) is 0 Å². The Morgan fingerprint density at radius 1 is 1.45 bits per heavy atom. The molecule has 0 aliphatic rings. The normalized spacial score (nSPS) is 8.00. The van der Waals surface area contributed by atoms with E-state index in [2.05, 4.69) is 6.07 Å². The molecule has 0 bridgehead atoms. The van der Waals surface area contributed by atoms with Crippen molar-refractivity contribution in [2.45, 2.75) is 6.42 Å². The van der Waals surface area contributed by atoms with E-state index in [1.54, 1.807) is 0 Å². The standard InChI is InChI=1S/C8H9N2.HI/c1-10-6-3-8(2-5-9)4-7-10;/h3-4,6-7H,2H2,1H3;1H/q+1;/p-1. The number of hydrogen-bond acceptors (Lipinski definition) is 1. The smallest absolute Gasteiger partial charge is 0.168 e. The van der Waals surface area contributed by atoms with Gasteiger partial charge in [-0.2, -0.15) is 5.26 Å². The Hall–Kier alpha value is -0.630. The first-order valence-corrected chi connectivity index (χ1v) is 3.14. The van der Waals surface area contributed by atoms with Gasteiger partial charge in [-0.15, -0.1) is 0 Å². The average Bonchev–Trinajstić information content (AvgIpc) is 1.95. The summed E-state index contributed by atoms with van der Waals surface area (Å²) in [7, 11) is 1.95. The lowest BCUT2D eigenvalue weighted by atomic mass is 10.2. The molecule has 0 aliphatic heterocycles. The van der Waals surface area contributed by atoms with Crippen molar-refractivity contribution in [3.05, 3.63) is 30.1 Å². The first-order valence-electron chi connectivity index (χ1n) is 3.14. The first-order chi connectivity index (χ1) is 4.83. The third-order valence-corrected chi connectivity index (χ3v) is 1.33. The maximum atomic E-state index is 8.33. The third-order valence-electron chi connectivity index (χ3n) is 1.33. The summed E-state index contributed by atoms with van der Waals surface area (Å²) < 4.78 is 1.95. The van der Waals surface area contributed by atoms with Crippen LogP contribution < -0.4 is 28.5 Å². The number of nitrogens with zero attached hydrogens (tertiary/aromatic N) is 2. The van der Waals surface area contributed by atoms with Gasteiger partial charge in [-0.25, -0.2) is 4.57 Å². The van der Waals surface area contributed by atoms with E-state index >= 15 is 0 Å². The van der Waals surface area contributed by atoms with E-state index in [0.717, 1.165) is 5.56 Å². The summed E-state index contributed by atoms with van der Waals surface area (Å²) >= 11 is 0. The lowest BCUT2D eigenvalue weighted by molar-refractivity contribution is -0.671. The van der Waals surface area contributed by atoms with Crippen molar-refractivity contribution >= 4 is 0 Å². The summed E-state index contributed by atoms with van der Waals surface area (Å²) in [5.41, 5.74) is 1.07. The van der Waals surface area contributed by atoms with Crippen LogP contribution in [0.2, 0.25) is 0 Å². The summed E-state index contributed by atoms with van der Waals surface area (Å²) in [4.78, 5) is 0. The Kier molecular flexibility index (Phi) is 4.79. The highest BCUT2D eigenvalue weighted by Crippen LogP contribution is 1.93. The zero-order valence-electron chi connectivity index (χ0n) is 6.29. The number of nitriles is 1. The predicted molar refractivity (Wildman–Crippen MR) is 36.9 cm³/mol. The minimum Gasteiger partial charge on any atom is -1.00 e. The van der Waals surface area contributed by atoms with Crippen LogP contribution in [0.5, 0.6) is 0 Å². The second-order valence-electron chi connectivity index (χ2n) is 2.21. The van der Waals surface area contributed by atoms with Gasteiger partial charge in [0.1, 0.15) is 7.05 Å². The van der Waals surface area contributed by atoms with E-state index < -0.39 is 0 Å². The van der Waals surface area contributed by atoms with E-state index in [1.165, 1.54) is 0 Å². The summed E-state index contributed by atoms with van der Waals surface area (Å²) in [5, 5.41) is 8.33. The maximum absolute atomic E-state index is 8.33. The van der Waals surface area contributed by atoms with Crippen LogP contribution in [-0.2, 0) is 13.5 Å². The molecule has 2 nitrogen and oxygen atoms in total. The number of rotatable bonds is 1. The summed E-state index contributed by atoms with van der Waals surface area (Å²) in [6.07, 6.45) is 4.38. The van der Waals surface area contributed by atoms with Crippen LogP contribution in [0.15, 0.2) is 24.5 Å². The van der Waals surface area contributed by atoms with Gasteiger partial charge in [0.15, 0.2) is 12.4 Å². The first kappa shape index (κ1) is 10.4. The van der Waals surface area contributed by atoms with Crippen LogP contribution in [0.4, 0.5) is 0 Å². The summed E-state index contributed by atoms with van der Waals surface area (Å²) in [6.45, 7) is 0. The summed E-state index contributed by atoms with van der Waals surface area (Å²) in [6, 6.07) is 5.99. The molecule has 0 aliphatic carbocycles. The SMILES string of the molecule is C[n+]1ccc(CC#N)cc1.[I-]. The fourth-order valence-corrected chi connectivity index (χ4v) is 0.741. The number of halogens is 1. The Labute approximate surface area is 83.5 Å². The van der Waals surface area contributed by atoms with Crippen LogP contribution in [0.3, 0.4) is 0 Å². The highest BCUT2D eigenvalue weighted by Gasteiger charge is 1.92. The number of hydrogen-bond donors (Lipinski definition) is 0. The van der Waals surface area contributed by atoms with Crippen molar-refractivity contribution in [1.29, 1.82) is 5.26 Å². The van der Waals surface area contributed by atoms with Crippen LogP contribution in [0.1, 0.15) is 5.56 Å². The molecule has 0 amide bonds. The molecule has 0 spiro atoms. The van der Waals surface area contributed by atoms with Crippen LogP contribution in [0, 0.1) is 11.3 Å². The lowest BCUT2D eigenvalue weighted by Gasteiger charge is -1.88. The Bertz CT molecular complexity index is 248. The van der Waals surface area contributed by atoms with E-state index in [1.807, 2.05) is 36.1 Å². The molecular weight excluding hydrogens is 251 g/mol. The second kappa shape index (κ2) is 5.08. The quantitative estimate of drug-likeness (QED) is 0.408. The molecular formula is C8H9IN2. The molecule has 58 valence electrons. The molecule has 0 aromatic carbocycles. The number of aromatic nitrogens is 1. The zero-order chi connectivity index (χ0) is 7.40. The van der Waals surface area contributed by atoms with Crippen molar-refractivity contribution in [3.8, 4) is 6.07 Å². The minimum atomic E-state index is 0. The second-order valence-corrected chi connectivity index (χ2v) is 2.21. The van der Waals surface area contributed by atoms with Crippen molar-refractivity contribution < 1.29 is 28.5 Å². The molecule has 1 rings (SSSR count). The number of aryl methyl sites for hydroxylation is 1. The molecule has 1 aromatic heterocycles. The van der Waals surface area contributed by atoms with Gasteiger partial charge in [0, 0.05) is 12.1 Å². The predicted octanol–water partition coefficient (Wildman–Crippen LogP) is -2.42. The van der Waals surface area contributed by atoms with Gasteiger partial charge in [0.25, 0.3) is 0 Å². The minimum absolute atomic E-state index is 0. The van der Waals surface area contributed by atoms with Gasteiger partial charge < -0.3 is 24.0 Å². The Morgan fingerprint density at radius 2 is 2.00 bits per heavy atom. The van der Waals surface area contributed by atoms with E-state index in [0.29, 0.717) is 6.42 Å². The highest BCUT2D eigenvalue weighted by molar-refractivity contribution is 5.11. The van der Waals surface area contributed by atoms with E-state index in [-0.39, 0.29) is 24.0 Å². The third kappa shape index (κ3) is 3.33. The Morgan fingerprint density at radius 3 is 2.45 bits per heavy atom. The largest absolute Gasteiger partial charge is 1.00 e. The van der Waals surface area contributed by atoms with Crippen LogP contribution >= 0.6 is 0 Å². The van der Waals surface area contributed by atoms with Gasteiger partial charge in [0.05, 0.1) is 12.5 Å². The molecule has 1 heterocycles. The molecule has 0 radical (unpaired) electrons. The molecule has 0 fully saturated rings. The van der Waals surface area contributed by atoms with E-state index in [9.17, 15) is 0 Å². The highest BCUT2D eigenvalue weighted by atomic mass is 127. The molecule has 3 heteroatoms. The van der Waals surface area contributed by atoms with Crippen molar-refractivity contribution in [2.75, 3.05) is 0 Å². The topological polar surface area (TPSA) is 27.7 Å². The molecule has 0 unspecified atom stereocenters. The molecule has 0 saturated heterocycles. The van der Waals surface area contributed by atoms with Crippen LogP contribution in [0.25, 0.3) is 0 Å². The fourth-order valence-electron chi connectivity index (χ4n) is 0.741. The monoisotopic (exact) mass is 260 g/mol. The zero-order valence-corrected chi connectivity index (χ0v) is 8.45. The maximum Gasteiger partial charge on any atom is 0.168 e. The van der Waals surface area contributed by atoms with Gasteiger partial charge in [0.2, 0.25) is 0 Å². The Balaban J connectivity index is 0.000001000. The van der Waals surface area contributed by atoms with Crippen LogP contribution in [-0.4, -0.2) is 0 Å². The van der Waals surface area contributed by atoms with Crippen molar-refractivity contribution in [2.24, 2.45) is 7.05 Å². The van der Waals surface area contributed by atoms with Gasteiger partial charge in [-0.05, 0) is 5.56 Å². The summed E-state index contributed by atoms with van der Waals surface area (Å²) in [5.74, 6) is 0. The van der Waals surface area contributed by atoms with Crippen molar-refractivity contribution in [3.63, 3.8) is 0 Å². The molecule has 0 atom stereocenters. The molecule has 1 aromatic rings. The van der Waals surface area contributed by atoms with Crippen molar-refractivity contribution in [1.82, 2.24) is 0 Å². The number of pyridine rings is 1. The van der Waals surface area contributed by atoms with Gasteiger partial charge in [-0.1, -0.05) is 0 Å². The van der Waals surface area contributed by atoms with E-state index in [4.69, 9.17) is 5.26 Å². The average molecular weight is 260 g/mol. The lowest BCUT2D eigenvalue weighted by Crippen LogP contribution is -3.00. The molecule has 11 heavy (non-hydrogen) atoms.